The number of halogens is 2. The predicted octanol–water partition coefficient (Wildman–Crippen LogP) is 4.03. The quantitative estimate of drug-likeness (QED) is 0.478. The van der Waals surface area contributed by atoms with Crippen molar-refractivity contribution < 1.29 is 9.18 Å². The number of anilines is 1. The van der Waals surface area contributed by atoms with Gasteiger partial charge in [-0.15, -0.1) is 0 Å². The molecule has 0 atom stereocenters. The van der Waals surface area contributed by atoms with Crippen molar-refractivity contribution in [1.29, 1.82) is 0 Å². The second-order valence-corrected chi connectivity index (χ2v) is 7.30. The van der Waals surface area contributed by atoms with Crippen LogP contribution in [0, 0.1) is 5.82 Å². The number of aromatic nitrogens is 2. The van der Waals surface area contributed by atoms with Gasteiger partial charge in [-0.05, 0) is 42.5 Å². The normalized spacial score (nSPS) is 10.8. The fraction of sp³-hybridized carbons (Fsp3) is 0.0870. The SMILES string of the molecule is O=C(NCc1ccccc1F)c1ccc(NCc2cc(=O)n3cc(Cl)ccc3n2)cc1. The molecule has 2 N–H and O–H groups in total. The average molecular weight is 437 g/mol. The molecule has 1 amide bonds. The van der Waals surface area contributed by atoms with Gasteiger partial charge >= 0.3 is 0 Å². The van der Waals surface area contributed by atoms with E-state index in [1.165, 1.54) is 22.7 Å². The van der Waals surface area contributed by atoms with E-state index < -0.39 is 0 Å². The van der Waals surface area contributed by atoms with Gasteiger partial charge in [0.1, 0.15) is 11.5 Å². The molecule has 0 radical (unpaired) electrons. The van der Waals surface area contributed by atoms with Gasteiger partial charge in [0.25, 0.3) is 11.5 Å². The number of nitrogens with zero attached hydrogens (tertiary/aromatic N) is 2. The summed E-state index contributed by atoms with van der Waals surface area (Å²) in [7, 11) is 0. The summed E-state index contributed by atoms with van der Waals surface area (Å²) in [5.41, 5.74) is 2.53. The summed E-state index contributed by atoms with van der Waals surface area (Å²) in [5.74, 6) is -0.648. The number of nitrogens with one attached hydrogen (secondary N) is 2. The topological polar surface area (TPSA) is 75.5 Å². The Kier molecular flexibility index (Phi) is 5.95. The summed E-state index contributed by atoms with van der Waals surface area (Å²) in [6.07, 6.45) is 1.53. The Hall–Kier alpha value is -3.71. The summed E-state index contributed by atoms with van der Waals surface area (Å²) in [6.45, 7) is 0.451. The zero-order valence-electron chi connectivity index (χ0n) is 16.3. The molecule has 8 heteroatoms. The Morgan fingerprint density at radius 1 is 1.03 bits per heavy atom. The number of pyridine rings is 1. The zero-order valence-corrected chi connectivity index (χ0v) is 17.1. The Morgan fingerprint density at radius 2 is 1.81 bits per heavy atom. The smallest absolute Gasteiger partial charge is 0.258 e. The fourth-order valence-corrected chi connectivity index (χ4v) is 3.23. The van der Waals surface area contributed by atoms with Gasteiger partial charge in [-0.1, -0.05) is 29.8 Å². The maximum Gasteiger partial charge on any atom is 0.258 e. The molecule has 0 aliphatic heterocycles. The fourth-order valence-electron chi connectivity index (χ4n) is 3.07. The molecule has 31 heavy (non-hydrogen) atoms. The molecule has 2 aromatic carbocycles. The van der Waals surface area contributed by atoms with Gasteiger partial charge in [0.05, 0.1) is 17.3 Å². The zero-order chi connectivity index (χ0) is 21.8. The number of amides is 1. The van der Waals surface area contributed by atoms with Gasteiger partial charge < -0.3 is 10.6 Å². The van der Waals surface area contributed by atoms with Gasteiger partial charge in [0.15, 0.2) is 0 Å². The van der Waals surface area contributed by atoms with Crippen LogP contribution in [0.4, 0.5) is 10.1 Å². The molecule has 0 unspecified atom stereocenters. The molecule has 2 heterocycles. The van der Waals surface area contributed by atoms with Crippen LogP contribution in [0.3, 0.4) is 0 Å². The highest BCUT2D eigenvalue weighted by Gasteiger charge is 2.08. The van der Waals surface area contributed by atoms with Crippen LogP contribution < -0.4 is 16.2 Å². The van der Waals surface area contributed by atoms with E-state index in [0.717, 1.165) is 5.69 Å². The predicted molar refractivity (Wildman–Crippen MR) is 118 cm³/mol. The van der Waals surface area contributed by atoms with Crippen molar-refractivity contribution >= 4 is 28.8 Å². The average Bonchev–Trinajstić information content (AvgIpc) is 2.78. The Bertz CT molecular complexity index is 1310. The molecule has 4 rings (SSSR count). The van der Waals surface area contributed by atoms with E-state index in [1.54, 1.807) is 54.6 Å². The van der Waals surface area contributed by atoms with Crippen molar-refractivity contribution in [3.8, 4) is 0 Å². The van der Waals surface area contributed by atoms with Crippen LogP contribution in [-0.4, -0.2) is 15.3 Å². The molecule has 4 aromatic rings. The highest BCUT2D eigenvalue weighted by Crippen LogP contribution is 2.13. The first-order valence-corrected chi connectivity index (χ1v) is 9.91. The minimum atomic E-state index is -0.354. The molecule has 0 aliphatic rings. The number of benzene rings is 2. The summed E-state index contributed by atoms with van der Waals surface area (Å²) in [5, 5.41) is 6.34. The van der Waals surface area contributed by atoms with Crippen LogP contribution in [0.15, 0.2) is 77.7 Å². The number of hydrogen-bond donors (Lipinski definition) is 2. The van der Waals surface area contributed by atoms with Gasteiger partial charge in [0.2, 0.25) is 0 Å². The largest absolute Gasteiger partial charge is 0.379 e. The lowest BCUT2D eigenvalue weighted by Crippen LogP contribution is -2.23. The summed E-state index contributed by atoms with van der Waals surface area (Å²) >= 11 is 5.92. The standard InChI is InChI=1S/C23H18ClFN4O2/c24-17-7-10-21-28-19(11-22(30)29(21)14-17)13-26-18-8-5-15(6-9-18)23(31)27-12-16-3-1-2-4-20(16)25/h1-11,14,26H,12-13H2,(H,27,31). The monoisotopic (exact) mass is 436 g/mol. The molecule has 0 aliphatic carbocycles. The van der Waals surface area contributed by atoms with E-state index in [-0.39, 0.29) is 23.8 Å². The summed E-state index contributed by atoms with van der Waals surface area (Å²) in [4.78, 5) is 29.0. The van der Waals surface area contributed by atoms with Crippen LogP contribution in [0.2, 0.25) is 5.02 Å². The van der Waals surface area contributed by atoms with Crippen molar-refractivity contribution in [3.63, 3.8) is 0 Å². The van der Waals surface area contributed by atoms with Crippen molar-refractivity contribution in [3.05, 3.63) is 111 Å². The third kappa shape index (κ3) is 4.90. The number of fused-ring (bicyclic) bond motifs is 1. The van der Waals surface area contributed by atoms with Crippen molar-refractivity contribution in [2.45, 2.75) is 13.1 Å². The minimum absolute atomic E-state index is 0.111. The molecular weight excluding hydrogens is 419 g/mol. The van der Waals surface area contributed by atoms with Gasteiger partial charge in [-0.25, -0.2) is 9.37 Å². The summed E-state index contributed by atoms with van der Waals surface area (Å²) in [6, 6.07) is 18.0. The summed E-state index contributed by atoms with van der Waals surface area (Å²) < 4.78 is 15.0. The number of hydrogen-bond acceptors (Lipinski definition) is 4. The lowest BCUT2D eigenvalue weighted by molar-refractivity contribution is 0.0950. The third-order valence-corrected chi connectivity index (χ3v) is 4.92. The van der Waals surface area contributed by atoms with Gasteiger partial charge in [-0.3, -0.25) is 14.0 Å². The molecule has 0 fully saturated rings. The maximum atomic E-state index is 13.7. The first kappa shape index (κ1) is 20.6. The van der Waals surface area contributed by atoms with Crippen LogP contribution >= 0.6 is 11.6 Å². The molecule has 0 spiro atoms. The molecule has 156 valence electrons. The second kappa shape index (κ2) is 8.97. The third-order valence-electron chi connectivity index (χ3n) is 4.69. The number of rotatable bonds is 6. The molecule has 0 bridgehead atoms. The van der Waals surface area contributed by atoms with Crippen LogP contribution in [0.25, 0.3) is 5.65 Å². The lowest BCUT2D eigenvalue weighted by atomic mass is 10.1. The molecular formula is C23H18ClFN4O2. The Labute approximate surface area is 182 Å². The first-order chi connectivity index (χ1) is 15.0. The van der Waals surface area contributed by atoms with E-state index in [4.69, 9.17) is 11.6 Å². The van der Waals surface area contributed by atoms with E-state index in [1.807, 2.05) is 0 Å². The lowest BCUT2D eigenvalue weighted by Gasteiger charge is -2.09. The van der Waals surface area contributed by atoms with Crippen LogP contribution in [0.1, 0.15) is 21.6 Å². The van der Waals surface area contributed by atoms with E-state index in [9.17, 15) is 14.0 Å². The van der Waals surface area contributed by atoms with Crippen LogP contribution in [0.5, 0.6) is 0 Å². The number of carbonyl (C=O) groups excluding carboxylic acids is 1. The van der Waals surface area contributed by atoms with Crippen molar-refractivity contribution in [1.82, 2.24) is 14.7 Å². The number of carbonyl (C=O) groups is 1. The maximum absolute atomic E-state index is 13.7. The molecule has 0 saturated heterocycles. The Morgan fingerprint density at radius 3 is 2.58 bits per heavy atom. The Balaban J connectivity index is 1.38. The van der Waals surface area contributed by atoms with Gasteiger partial charge in [0, 0.05) is 35.6 Å². The first-order valence-electron chi connectivity index (χ1n) is 9.53. The molecule has 2 aromatic heterocycles. The van der Waals surface area contributed by atoms with Crippen LogP contribution in [-0.2, 0) is 13.1 Å². The van der Waals surface area contributed by atoms with E-state index in [2.05, 4.69) is 15.6 Å². The molecule has 0 saturated carbocycles. The van der Waals surface area contributed by atoms with Crippen molar-refractivity contribution in [2.75, 3.05) is 5.32 Å². The highest BCUT2D eigenvalue weighted by molar-refractivity contribution is 6.30. The minimum Gasteiger partial charge on any atom is -0.379 e. The highest BCUT2D eigenvalue weighted by atomic mass is 35.5. The van der Waals surface area contributed by atoms with Crippen molar-refractivity contribution in [2.24, 2.45) is 0 Å². The molecule has 6 nitrogen and oxygen atoms in total. The van der Waals surface area contributed by atoms with Gasteiger partial charge in [-0.2, -0.15) is 0 Å². The van der Waals surface area contributed by atoms with E-state index in [0.29, 0.717) is 34.0 Å². The second-order valence-electron chi connectivity index (χ2n) is 6.87. The van der Waals surface area contributed by atoms with E-state index >= 15 is 0 Å².